The highest BCUT2D eigenvalue weighted by molar-refractivity contribution is 6.31. The van der Waals surface area contributed by atoms with E-state index in [2.05, 4.69) is 0 Å². The third kappa shape index (κ3) is 4.75. The molecular formula is C13H18ClNO2. The fourth-order valence-corrected chi connectivity index (χ4v) is 1.67. The molecule has 0 aliphatic carbocycles. The molecule has 0 radical (unpaired) electrons. The van der Waals surface area contributed by atoms with E-state index < -0.39 is 5.60 Å². The van der Waals surface area contributed by atoms with Gasteiger partial charge in [-0.3, -0.25) is 0 Å². The van der Waals surface area contributed by atoms with Gasteiger partial charge in [-0.05, 0) is 57.5 Å². The average molecular weight is 256 g/mol. The second kappa shape index (κ2) is 5.52. The quantitative estimate of drug-likeness (QED) is 0.845. The number of carbonyl (C=O) groups excluding carboxylic acids is 1. The van der Waals surface area contributed by atoms with Gasteiger partial charge in [0, 0.05) is 5.02 Å². The first kappa shape index (κ1) is 14.0. The van der Waals surface area contributed by atoms with Gasteiger partial charge in [-0.15, -0.1) is 0 Å². The van der Waals surface area contributed by atoms with Crippen LogP contribution >= 0.6 is 11.6 Å². The van der Waals surface area contributed by atoms with Gasteiger partial charge >= 0.3 is 5.97 Å². The highest BCUT2D eigenvalue weighted by atomic mass is 35.5. The highest BCUT2D eigenvalue weighted by Gasteiger charge is 2.18. The summed E-state index contributed by atoms with van der Waals surface area (Å²) in [5.41, 5.74) is 6.39. The Morgan fingerprint density at radius 2 is 2.00 bits per heavy atom. The van der Waals surface area contributed by atoms with E-state index in [1.54, 1.807) is 12.1 Å². The van der Waals surface area contributed by atoms with Crippen LogP contribution in [-0.2, 0) is 11.2 Å². The molecule has 3 nitrogen and oxygen atoms in total. The zero-order chi connectivity index (χ0) is 13.1. The largest absolute Gasteiger partial charge is 0.456 e. The van der Waals surface area contributed by atoms with Crippen molar-refractivity contribution < 1.29 is 9.53 Å². The maximum atomic E-state index is 11.9. The van der Waals surface area contributed by atoms with Gasteiger partial charge in [0.1, 0.15) is 5.60 Å². The number of benzene rings is 1. The van der Waals surface area contributed by atoms with Crippen molar-refractivity contribution in [2.24, 2.45) is 5.73 Å². The molecule has 0 aliphatic heterocycles. The van der Waals surface area contributed by atoms with Crippen LogP contribution < -0.4 is 5.73 Å². The van der Waals surface area contributed by atoms with Gasteiger partial charge in [-0.1, -0.05) is 11.6 Å². The predicted octanol–water partition coefficient (Wildman–Crippen LogP) is 2.80. The van der Waals surface area contributed by atoms with E-state index in [1.807, 2.05) is 26.8 Å². The van der Waals surface area contributed by atoms with Crippen LogP contribution in [0.3, 0.4) is 0 Å². The number of halogens is 1. The zero-order valence-corrected chi connectivity index (χ0v) is 11.2. The normalized spacial score (nSPS) is 11.4. The molecule has 0 saturated heterocycles. The van der Waals surface area contributed by atoms with Crippen LogP contribution in [0.4, 0.5) is 0 Å². The van der Waals surface area contributed by atoms with Crippen molar-refractivity contribution in [1.82, 2.24) is 0 Å². The molecule has 0 unspecified atom stereocenters. The van der Waals surface area contributed by atoms with Crippen molar-refractivity contribution in [3.8, 4) is 0 Å². The Kier molecular flexibility index (Phi) is 4.54. The van der Waals surface area contributed by atoms with E-state index in [0.717, 1.165) is 5.56 Å². The molecule has 0 aromatic heterocycles. The third-order valence-corrected chi connectivity index (χ3v) is 2.24. The third-order valence-electron chi connectivity index (χ3n) is 2.03. The number of hydrogen-bond acceptors (Lipinski definition) is 3. The second-order valence-corrected chi connectivity index (χ2v) is 5.33. The van der Waals surface area contributed by atoms with E-state index in [4.69, 9.17) is 22.1 Å². The summed E-state index contributed by atoms with van der Waals surface area (Å²) in [7, 11) is 0. The van der Waals surface area contributed by atoms with Crippen LogP contribution in [0, 0.1) is 0 Å². The van der Waals surface area contributed by atoms with E-state index >= 15 is 0 Å². The van der Waals surface area contributed by atoms with Gasteiger partial charge in [0.05, 0.1) is 5.56 Å². The Labute approximate surface area is 107 Å². The number of carbonyl (C=O) groups is 1. The van der Waals surface area contributed by atoms with Gasteiger partial charge in [-0.2, -0.15) is 0 Å². The molecule has 17 heavy (non-hydrogen) atoms. The van der Waals surface area contributed by atoms with Gasteiger partial charge in [0.2, 0.25) is 0 Å². The van der Waals surface area contributed by atoms with Crippen LogP contribution in [0.25, 0.3) is 0 Å². The number of esters is 1. The molecule has 4 heteroatoms. The minimum absolute atomic E-state index is 0.363. The van der Waals surface area contributed by atoms with Crippen LogP contribution in [0.1, 0.15) is 36.7 Å². The van der Waals surface area contributed by atoms with Crippen LogP contribution in [0.15, 0.2) is 18.2 Å². The molecule has 0 atom stereocenters. The lowest BCUT2D eigenvalue weighted by Crippen LogP contribution is -2.24. The van der Waals surface area contributed by atoms with Crippen LogP contribution in [0.2, 0.25) is 5.02 Å². The van der Waals surface area contributed by atoms with E-state index in [0.29, 0.717) is 23.6 Å². The number of ether oxygens (including phenoxy) is 1. The summed E-state index contributed by atoms with van der Waals surface area (Å²) in [6, 6.07) is 5.19. The van der Waals surface area contributed by atoms with Crippen molar-refractivity contribution in [1.29, 1.82) is 0 Å². The van der Waals surface area contributed by atoms with E-state index in [9.17, 15) is 4.79 Å². The Balaban J connectivity index is 2.93. The average Bonchev–Trinajstić information content (AvgIpc) is 2.14. The fourth-order valence-electron chi connectivity index (χ4n) is 1.42. The first-order chi connectivity index (χ1) is 7.81. The van der Waals surface area contributed by atoms with E-state index in [1.165, 1.54) is 0 Å². The SMILES string of the molecule is CC(C)(C)OC(=O)c1cc(Cl)cc(CCN)c1. The predicted molar refractivity (Wildman–Crippen MR) is 69.4 cm³/mol. The van der Waals surface area contributed by atoms with Crippen molar-refractivity contribution in [2.45, 2.75) is 32.8 Å². The van der Waals surface area contributed by atoms with Gasteiger partial charge in [0.25, 0.3) is 0 Å². The second-order valence-electron chi connectivity index (χ2n) is 4.89. The lowest BCUT2D eigenvalue weighted by Gasteiger charge is -2.19. The Hall–Kier alpha value is -1.06. The standard InChI is InChI=1S/C13H18ClNO2/c1-13(2,3)17-12(16)10-6-9(4-5-15)7-11(14)8-10/h6-8H,4-5,15H2,1-3H3. The first-order valence-electron chi connectivity index (χ1n) is 5.55. The van der Waals surface area contributed by atoms with Gasteiger partial charge < -0.3 is 10.5 Å². The number of nitrogens with two attached hydrogens (primary N) is 1. The molecule has 2 N–H and O–H groups in total. The Bertz CT molecular complexity index is 410. The number of rotatable bonds is 3. The van der Waals surface area contributed by atoms with Crippen molar-refractivity contribution >= 4 is 17.6 Å². The maximum Gasteiger partial charge on any atom is 0.338 e. The topological polar surface area (TPSA) is 52.3 Å². The first-order valence-corrected chi connectivity index (χ1v) is 5.92. The minimum atomic E-state index is -0.507. The number of hydrogen-bond donors (Lipinski definition) is 1. The summed E-state index contributed by atoms with van der Waals surface area (Å²) in [6.07, 6.45) is 0.691. The molecule has 0 fully saturated rings. The summed E-state index contributed by atoms with van der Waals surface area (Å²) in [4.78, 5) is 11.9. The summed E-state index contributed by atoms with van der Waals surface area (Å²) < 4.78 is 5.28. The van der Waals surface area contributed by atoms with Crippen molar-refractivity contribution in [2.75, 3.05) is 6.54 Å². The molecular weight excluding hydrogens is 238 g/mol. The van der Waals surface area contributed by atoms with Gasteiger partial charge in [0.15, 0.2) is 0 Å². The fraction of sp³-hybridized carbons (Fsp3) is 0.462. The zero-order valence-electron chi connectivity index (χ0n) is 10.4. The molecule has 0 amide bonds. The minimum Gasteiger partial charge on any atom is -0.456 e. The van der Waals surface area contributed by atoms with Crippen LogP contribution in [-0.4, -0.2) is 18.1 Å². The smallest absolute Gasteiger partial charge is 0.338 e. The maximum absolute atomic E-state index is 11.9. The lowest BCUT2D eigenvalue weighted by atomic mass is 10.1. The summed E-state index contributed by atoms with van der Waals surface area (Å²) in [6.45, 7) is 6.01. The molecule has 0 aliphatic rings. The molecule has 0 bridgehead atoms. The summed E-state index contributed by atoms with van der Waals surface area (Å²) in [5.74, 6) is -0.363. The molecule has 0 spiro atoms. The van der Waals surface area contributed by atoms with Crippen molar-refractivity contribution in [3.63, 3.8) is 0 Å². The summed E-state index contributed by atoms with van der Waals surface area (Å²) in [5, 5.41) is 0.525. The highest BCUT2D eigenvalue weighted by Crippen LogP contribution is 2.18. The molecule has 0 heterocycles. The van der Waals surface area contributed by atoms with Crippen molar-refractivity contribution in [3.05, 3.63) is 34.3 Å². The molecule has 1 aromatic rings. The monoisotopic (exact) mass is 255 g/mol. The molecule has 94 valence electrons. The summed E-state index contributed by atoms with van der Waals surface area (Å²) >= 11 is 5.95. The molecule has 1 rings (SSSR count). The van der Waals surface area contributed by atoms with Gasteiger partial charge in [-0.25, -0.2) is 4.79 Å². The Morgan fingerprint density at radius 1 is 1.35 bits per heavy atom. The molecule has 1 aromatic carbocycles. The van der Waals surface area contributed by atoms with Crippen LogP contribution in [0.5, 0.6) is 0 Å². The van der Waals surface area contributed by atoms with E-state index in [-0.39, 0.29) is 5.97 Å². The molecule has 0 saturated carbocycles. The lowest BCUT2D eigenvalue weighted by molar-refractivity contribution is 0.00694. The Morgan fingerprint density at radius 3 is 2.53 bits per heavy atom.